The molecule has 0 aliphatic heterocycles. The smallest absolute Gasteiger partial charge is 0.0586 e. The Balaban J connectivity index is 3.14. The first-order valence-electron chi connectivity index (χ1n) is 4.24. The van der Waals surface area contributed by atoms with Crippen LogP contribution >= 0.6 is 0 Å². The predicted octanol–water partition coefficient (Wildman–Crippen LogP) is 2.55. The zero-order valence-electron chi connectivity index (χ0n) is 8.23. The van der Waals surface area contributed by atoms with Crippen LogP contribution in [0.5, 0.6) is 0 Å². The van der Waals surface area contributed by atoms with Crippen LogP contribution < -0.4 is 0 Å². The van der Waals surface area contributed by atoms with Crippen molar-refractivity contribution in [1.29, 1.82) is 0 Å². The summed E-state index contributed by atoms with van der Waals surface area (Å²) in [7, 11) is 0. The van der Waals surface area contributed by atoms with E-state index in [4.69, 9.17) is 0 Å². The van der Waals surface area contributed by atoms with Crippen molar-refractivity contribution in [3.63, 3.8) is 0 Å². The molecular weight excluding hydrogens is 164 g/mol. The molecule has 0 amide bonds. The quantitative estimate of drug-likeness (QED) is 0.584. The molecule has 0 saturated carbocycles. The average molecular weight is 181 g/mol. The molecule has 1 aromatic carbocycles. The number of aryl methyl sites for hydroxylation is 2. The molecule has 0 fully saturated rings. The summed E-state index contributed by atoms with van der Waals surface area (Å²) < 4.78 is 0.0818. The molecule has 0 unspecified atom stereocenters. The van der Waals surface area contributed by atoms with Crippen LogP contribution in [0.1, 0.15) is 30.5 Å². The van der Waals surface area contributed by atoms with E-state index in [0.717, 1.165) is 0 Å². The molecule has 66 valence electrons. The van der Waals surface area contributed by atoms with E-state index < -0.39 is 0 Å². The molecule has 1 aromatic rings. The maximum absolute atomic E-state index is 3.70. The first-order chi connectivity index (χ1) is 5.41. The Labute approximate surface area is 80.4 Å². The van der Waals surface area contributed by atoms with Crippen LogP contribution in [0.2, 0.25) is 0 Å². The first kappa shape index (κ1) is 9.66. The van der Waals surface area contributed by atoms with E-state index in [-0.39, 0.29) is 4.75 Å². The van der Waals surface area contributed by atoms with Crippen molar-refractivity contribution in [2.45, 2.75) is 32.4 Å². The van der Waals surface area contributed by atoms with Gasteiger partial charge < -0.3 is 0 Å². The minimum atomic E-state index is 0.0818. The van der Waals surface area contributed by atoms with Crippen molar-refractivity contribution in [3.05, 3.63) is 34.9 Å². The maximum atomic E-state index is 3.70. The molecule has 0 aliphatic rings. The van der Waals surface area contributed by atoms with Gasteiger partial charge in [-0.15, -0.1) is 0 Å². The van der Waals surface area contributed by atoms with Gasteiger partial charge in [0, 0.05) is 5.56 Å². The monoisotopic (exact) mass is 181 g/mol. The first-order valence-corrected chi connectivity index (χ1v) is 4.74. The SMILES string of the molecule is Cc1ccc(C(C)(C)[SH2+])cc1C. The number of hydrogen-bond donors (Lipinski definition) is 0. The van der Waals surface area contributed by atoms with Crippen LogP contribution in [0.15, 0.2) is 18.2 Å². The van der Waals surface area contributed by atoms with Gasteiger partial charge in [-0.25, -0.2) is 0 Å². The van der Waals surface area contributed by atoms with Crippen molar-refractivity contribution in [1.82, 2.24) is 0 Å². The molecule has 0 N–H and O–H groups in total. The molecule has 0 saturated heterocycles. The van der Waals surface area contributed by atoms with Crippen molar-refractivity contribution < 1.29 is 0 Å². The van der Waals surface area contributed by atoms with E-state index in [2.05, 4.69) is 58.5 Å². The third-order valence-corrected chi connectivity index (χ3v) is 2.52. The van der Waals surface area contributed by atoms with Gasteiger partial charge in [0.1, 0.15) is 4.75 Å². The minimum absolute atomic E-state index is 0.0818. The molecule has 1 rings (SSSR count). The van der Waals surface area contributed by atoms with Crippen molar-refractivity contribution in [2.24, 2.45) is 0 Å². The van der Waals surface area contributed by atoms with Gasteiger partial charge in [0.05, 0.1) is 0 Å². The Bertz CT molecular complexity index is 282. The molecule has 12 heavy (non-hydrogen) atoms. The average Bonchev–Trinajstić information content (AvgIpc) is 1.92. The molecular formula is C11H17S+. The van der Waals surface area contributed by atoms with Crippen LogP contribution in [0.25, 0.3) is 0 Å². The van der Waals surface area contributed by atoms with Gasteiger partial charge in [-0.2, -0.15) is 0 Å². The van der Waals surface area contributed by atoms with Crippen molar-refractivity contribution in [3.8, 4) is 0 Å². The summed E-state index contributed by atoms with van der Waals surface area (Å²) in [6.45, 7) is 8.61. The Morgan fingerprint density at radius 1 is 1.08 bits per heavy atom. The highest BCUT2D eigenvalue weighted by atomic mass is 32.1. The molecule has 0 radical (unpaired) electrons. The highest BCUT2D eigenvalue weighted by molar-refractivity contribution is 7.59. The van der Waals surface area contributed by atoms with Gasteiger partial charge in [0.2, 0.25) is 0 Å². The lowest BCUT2D eigenvalue weighted by molar-refractivity contribution is 0.787. The van der Waals surface area contributed by atoms with Gasteiger partial charge in [-0.1, -0.05) is 18.2 Å². The third-order valence-electron chi connectivity index (χ3n) is 2.23. The fourth-order valence-electron chi connectivity index (χ4n) is 1.13. The van der Waals surface area contributed by atoms with Crippen LogP contribution in [-0.4, -0.2) is 0 Å². The van der Waals surface area contributed by atoms with E-state index in [1.807, 2.05) is 0 Å². The normalized spacial score (nSPS) is 11.8. The summed E-state index contributed by atoms with van der Waals surface area (Å²) in [5.74, 6) is 0. The van der Waals surface area contributed by atoms with Gasteiger partial charge in [0.25, 0.3) is 0 Å². The van der Waals surface area contributed by atoms with E-state index in [9.17, 15) is 0 Å². The topological polar surface area (TPSA) is 0 Å². The summed E-state index contributed by atoms with van der Waals surface area (Å²) in [6, 6.07) is 6.59. The van der Waals surface area contributed by atoms with Crippen molar-refractivity contribution >= 4 is 12.6 Å². The van der Waals surface area contributed by atoms with E-state index in [1.165, 1.54) is 16.7 Å². The molecule has 0 bridgehead atoms. The minimum Gasteiger partial charge on any atom is -0.0586 e. The highest BCUT2D eigenvalue weighted by Crippen LogP contribution is 2.22. The summed E-state index contributed by atoms with van der Waals surface area (Å²) in [6.07, 6.45) is 0. The lowest BCUT2D eigenvalue weighted by Crippen LogP contribution is -2.12. The lowest BCUT2D eigenvalue weighted by Gasteiger charge is -2.13. The van der Waals surface area contributed by atoms with E-state index in [0.29, 0.717) is 0 Å². The van der Waals surface area contributed by atoms with Gasteiger partial charge in [-0.05, 0) is 51.5 Å². The summed E-state index contributed by atoms with van der Waals surface area (Å²) in [5.41, 5.74) is 4.05. The maximum Gasteiger partial charge on any atom is 0.143 e. The van der Waals surface area contributed by atoms with Gasteiger partial charge >= 0.3 is 0 Å². The fourth-order valence-corrected chi connectivity index (χ4v) is 1.29. The molecule has 0 heterocycles. The van der Waals surface area contributed by atoms with E-state index >= 15 is 0 Å². The van der Waals surface area contributed by atoms with Gasteiger partial charge in [0.15, 0.2) is 0 Å². The van der Waals surface area contributed by atoms with Crippen LogP contribution in [-0.2, 0) is 17.4 Å². The molecule has 0 aromatic heterocycles. The third kappa shape index (κ3) is 2.04. The molecule has 0 aliphatic carbocycles. The van der Waals surface area contributed by atoms with Crippen LogP contribution in [0.3, 0.4) is 0 Å². The van der Waals surface area contributed by atoms with Gasteiger partial charge in [-0.3, -0.25) is 0 Å². The Morgan fingerprint density at radius 3 is 2.08 bits per heavy atom. The number of rotatable bonds is 1. The van der Waals surface area contributed by atoms with Crippen molar-refractivity contribution in [2.75, 3.05) is 0 Å². The standard InChI is InChI=1S/C11H16S/c1-8-5-6-10(7-9(8)2)11(3,4)12/h5-7,12H,1-4H3/p+1. The van der Waals surface area contributed by atoms with E-state index in [1.54, 1.807) is 0 Å². The number of benzene rings is 1. The van der Waals surface area contributed by atoms with Crippen LogP contribution in [0.4, 0.5) is 0 Å². The summed E-state index contributed by atoms with van der Waals surface area (Å²) in [4.78, 5) is 0. The Hall–Kier alpha value is -0.430. The number of hydrogen-bond acceptors (Lipinski definition) is 0. The lowest BCUT2D eigenvalue weighted by atomic mass is 9.98. The summed E-state index contributed by atoms with van der Waals surface area (Å²) >= 11 is 3.70. The van der Waals surface area contributed by atoms with Crippen LogP contribution in [0, 0.1) is 13.8 Å². The second-order valence-corrected chi connectivity index (χ2v) is 5.17. The predicted molar refractivity (Wildman–Crippen MR) is 59.1 cm³/mol. The zero-order chi connectivity index (χ0) is 9.35. The molecule has 1 heteroatoms. The fraction of sp³-hybridized carbons (Fsp3) is 0.455. The largest absolute Gasteiger partial charge is 0.143 e. The highest BCUT2D eigenvalue weighted by Gasteiger charge is 2.21. The summed E-state index contributed by atoms with van der Waals surface area (Å²) in [5, 5.41) is 0. The molecule has 0 atom stereocenters. The second kappa shape index (κ2) is 3.14. The zero-order valence-corrected chi connectivity index (χ0v) is 9.23. The second-order valence-electron chi connectivity index (χ2n) is 3.92. The molecule has 0 spiro atoms. The Morgan fingerprint density at radius 2 is 1.67 bits per heavy atom. The molecule has 0 nitrogen and oxygen atoms in total. The Kier molecular flexibility index (Phi) is 2.52.